The third-order valence-corrected chi connectivity index (χ3v) is 7.71. The maximum atomic E-state index is 13.7. The van der Waals surface area contributed by atoms with Crippen molar-refractivity contribution in [3.63, 3.8) is 0 Å². The van der Waals surface area contributed by atoms with Gasteiger partial charge in [-0.2, -0.15) is 0 Å². The van der Waals surface area contributed by atoms with Gasteiger partial charge < -0.3 is 4.74 Å². The average Bonchev–Trinajstić information content (AvgIpc) is 2.84. The minimum absolute atomic E-state index is 0.0323. The van der Waals surface area contributed by atoms with Crippen molar-refractivity contribution in [1.82, 2.24) is 0 Å². The van der Waals surface area contributed by atoms with Crippen molar-refractivity contribution >= 4 is 17.5 Å². The van der Waals surface area contributed by atoms with Crippen molar-refractivity contribution in [1.29, 1.82) is 0 Å². The number of rotatable bonds is 4. The van der Waals surface area contributed by atoms with Crippen LogP contribution in [0.3, 0.4) is 0 Å². The average molecular weight is 456 g/mol. The number of carbonyl (C=O) groups is 2. The molecule has 1 unspecified atom stereocenters. The highest BCUT2D eigenvalue weighted by atomic mass is 16.5. The van der Waals surface area contributed by atoms with Crippen LogP contribution >= 0.6 is 0 Å². The molecule has 2 aromatic carbocycles. The lowest BCUT2D eigenvalue weighted by molar-refractivity contribution is -0.146. The second-order valence-electron chi connectivity index (χ2n) is 10.1. The number of hydrogen-bond donors (Lipinski definition) is 0. The summed E-state index contributed by atoms with van der Waals surface area (Å²) in [7, 11) is 0. The summed E-state index contributed by atoms with van der Waals surface area (Å²) in [4.78, 5) is 32.1. The molecule has 4 heteroatoms. The molecule has 0 bridgehead atoms. The highest BCUT2D eigenvalue weighted by Crippen LogP contribution is 2.46. The number of esters is 1. The number of benzene rings is 2. The van der Waals surface area contributed by atoms with E-state index in [0.717, 1.165) is 48.9 Å². The summed E-state index contributed by atoms with van der Waals surface area (Å²) in [5.74, 6) is -0.741. The van der Waals surface area contributed by atoms with Crippen molar-refractivity contribution in [2.24, 2.45) is 10.9 Å². The predicted molar refractivity (Wildman–Crippen MR) is 134 cm³/mol. The zero-order chi connectivity index (χ0) is 23.7. The molecule has 1 aliphatic heterocycles. The second kappa shape index (κ2) is 9.69. The molecule has 4 nitrogen and oxygen atoms in total. The van der Waals surface area contributed by atoms with E-state index in [4.69, 9.17) is 9.73 Å². The molecule has 5 rings (SSSR count). The number of Topliss-reactive ketones (excluding diaryl/α,β-unsaturated/α-hetero) is 1. The number of ether oxygens (including phenoxy) is 1. The first-order valence-corrected chi connectivity index (χ1v) is 12.6. The lowest BCUT2D eigenvalue weighted by atomic mass is 9.66. The van der Waals surface area contributed by atoms with Gasteiger partial charge in [-0.05, 0) is 63.0 Å². The molecule has 34 heavy (non-hydrogen) atoms. The molecule has 2 saturated carbocycles. The van der Waals surface area contributed by atoms with Crippen LogP contribution < -0.4 is 0 Å². The number of aliphatic imine (C=N–C) groups is 1. The van der Waals surface area contributed by atoms with Crippen LogP contribution in [0, 0.1) is 12.8 Å². The van der Waals surface area contributed by atoms with Crippen LogP contribution in [0.1, 0.15) is 80.4 Å². The summed E-state index contributed by atoms with van der Waals surface area (Å²) in [5.41, 5.74) is 5.48. The fourth-order valence-corrected chi connectivity index (χ4v) is 5.93. The molecular formula is C30H33NO3. The molecule has 2 aliphatic carbocycles. The van der Waals surface area contributed by atoms with E-state index in [9.17, 15) is 9.59 Å². The molecule has 2 fully saturated rings. The van der Waals surface area contributed by atoms with Gasteiger partial charge in [-0.3, -0.25) is 9.79 Å². The van der Waals surface area contributed by atoms with Crippen LogP contribution in [0.25, 0.3) is 0 Å². The van der Waals surface area contributed by atoms with Gasteiger partial charge in [-0.25, -0.2) is 4.79 Å². The highest BCUT2D eigenvalue weighted by Gasteiger charge is 2.46. The zero-order valence-corrected chi connectivity index (χ0v) is 20.1. The number of nitrogens with zero attached hydrogens (tertiary/aromatic N) is 1. The van der Waals surface area contributed by atoms with E-state index >= 15 is 0 Å². The normalized spacial score (nSPS) is 25.5. The Morgan fingerprint density at radius 1 is 0.853 bits per heavy atom. The van der Waals surface area contributed by atoms with E-state index in [1.54, 1.807) is 0 Å². The Morgan fingerprint density at radius 3 is 2.26 bits per heavy atom. The third-order valence-electron chi connectivity index (χ3n) is 7.71. The summed E-state index contributed by atoms with van der Waals surface area (Å²) in [6.07, 6.45) is 6.42. The molecule has 0 N–H and O–H groups in total. The zero-order valence-electron chi connectivity index (χ0n) is 20.1. The molecule has 1 heterocycles. The van der Waals surface area contributed by atoms with E-state index < -0.39 is 5.92 Å². The Bertz CT molecular complexity index is 1120. The first-order valence-electron chi connectivity index (χ1n) is 12.6. The van der Waals surface area contributed by atoms with Crippen LogP contribution in [0.4, 0.5) is 0 Å². The molecule has 0 spiro atoms. The first kappa shape index (κ1) is 22.8. The quantitative estimate of drug-likeness (QED) is 0.498. The highest BCUT2D eigenvalue weighted by molar-refractivity contribution is 6.12. The number of allylic oxidation sites excluding steroid dienone is 1. The van der Waals surface area contributed by atoms with Crippen molar-refractivity contribution in [3.8, 4) is 0 Å². The van der Waals surface area contributed by atoms with Gasteiger partial charge in [0.15, 0.2) is 0 Å². The molecule has 0 radical (unpaired) electrons. The largest absolute Gasteiger partial charge is 0.459 e. The molecule has 176 valence electrons. The smallest absolute Gasteiger partial charge is 0.336 e. The number of ketones is 1. The molecule has 0 amide bonds. The lowest BCUT2D eigenvalue weighted by Crippen LogP contribution is -2.41. The molecule has 3 atom stereocenters. The Hall–Kier alpha value is -3.01. The topological polar surface area (TPSA) is 55.7 Å². The Morgan fingerprint density at radius 2 is 1.56 bits per heavy atom. The summed E-state index contributed by atoms with van der Waals surface area (Å²) >= 11 is 0. The van der Waals surface area contributed by atoms with Gasteiger partial charge in [-0.15, -0.1) is 0 Å². The minimum Gasteiger partial charge on any atom is -0.459 e. The first-order chi connectivity index (χ1) is 16.5. The van der Waals surface area contributed by atoms with Crippen molar-refractivity contribution in [2.45, 2.75) is 76.7 Å². The van der Waals surface area contributed by atoms with Crippen molar-refractivity contribution < 1.29 is 14.3 Å². The van der Waals surface area contributed by atoms with Crippen LogP contribution in [0.5, 0.6) is 0 Å². The van der Waals surface area contributed by atoms with E-state index in [-0.39, 0.29) is 29.7 Å². The van der Waals surface area contributed by atoms with E-state index in [0.29, 0.717) is 17.7 Å². The van der Waals surface area contributed by atoms with Crippen LogP contribution in [0.2, 0.25) is 0 Å². The molecule has 2 aromatic rings. The molecule has 0 aromatic heterocycles. The van der Waals surface area contributed by atoms with Gasteiger partial charge in [0.25, 0.3) is 0 Å². The van der Waals surface area contributed by atoms with Gasteiger partial charge in [0.1, 0.15) is 11.9 Å². The lowest BCUT2D eigenvalue weighted by Gasteiger charge is -2.38. The number of hydrogen-bond acceptors (Lipinski definition) is 4. The Labute approximate surface area is 202 Å². The summed E-state index contributed by atoms with van der Waals surface area (Å²) in [5, 5.41) is 0. The molecule has 3 aliphatic rings. The van der Waals surface area contributed by atoms with Crippen LogP contribution in [-0.2, 0) is 14.3 Å². The molecule has 0 saturated heterocycles. The number of aryl methyl sites for hydroxylation is 1. The van der Waals surface area contributed by atoms with Crippen LogP contribution in [0.15, 0.2) is 70.9 Å². The third kappa shape index (κ3) is 4.51. The SMILES string of the molecule is CC1=C(C(=O)OC2CCCCC2)[C@@H](c2ccc(C)cc2)C2C(=O)C[C@H](c3ccccc3)CC2=N1. The monoisotopic (exact) mass is 455 g/mol. The van der Waals surface area contributed by atoms with Gasteiger partial charge >= 0.3 is 5.97 Å². The summed E-state index contributed by atoms with van der Waals surface area (Å²) in [6.45, 7) is 3.95. The van der Waals surface area contributed by atoms with Gasteiger partial charge in [0.2, 0.25) is 0 Å². The Balaban J connectivity index is 1.53. The van der Waals surface area contributed by atoms with E-state index in [1.165, 1.54) is 12.0 Å². The van der Waals surface area contributed by atoms with Crippen molar-refractivity contribution in [3.05, 3.63) is 82.6 Å². The van der Waals surface area contributed by atoms with Gasteiger partial charge in [0.05, 0.1) is 11.5 Å². The maximum absolute atomic E-state index is 13.7. The second-order valence-corrected chi connectivity index (χ2v) is 10.1. The fourth-order valence-electron chi connectivity index (χ4n) is 5.93. The maximum Gasteiger partial charge on any atom is 0.336 e. The van der Waals surface area contributed by atoms with Crippen LogP contribution in [-0.4, -0.2) is 23.6 Å². The summed E-state index contributed by atoms with van der Waals surface area (Å²) in [6, 6.07) is 18.5. The Kier molecular flexibility index (Phi) is 6.49. The molecular weight excluding hydrogens is 422 g/mol. The number of carbonyl (C=O) groups excluding carboxylic acids is 2. The van der Waals surface area contributed by atoms with Crippen molar-refractivity contribution in [2.75, 3.05) is 0 Å². The van der Waals surface area contributed by atoms with Gasteiger partial charge in [-0.1, -0.05) is 66.6 Å². The predicted octanol–water partition coefficient (Wildman–Crippen LogP) is 6.45. The standard InChI is InChI=1S/C30H33NO3/c1-19-13-15-22(16-14-19)28-27(30(33)34-24-11-7-4-8-12-24)20(2)31-25-17-23(18-26(32)29(25)28)21-9-5-3-6-10-21/h3,5-6,9-10,13-16,23-24,28-29H,4,7-8,11-12,17-18H2,1-2H3/t23-,28-,29?/m1/s1. The summed E-state index contributed by atoms with van der Waals surface area (Å²) < 4.78 is 6.00. The van der Waals surface area contributed by atoms with E-state index in [2.05, 4.69) is 36.4 Å². The minimum atomic E-state index is -0.403. The van der Waals surface area contributed by atoms with E-state index in [1.807, 2.05) is 32.0 Å². The van der Waals surface area contributed by atoms with Gasteiger partial charge in [0, 0.05) is 23.7 Å². The fraction of sp³-hybridized carbons (Fsp3) is 0.433. The number of fused-ring (bicyclic) bond motifs is 1.